The SMILES string of the molecule is c1cnc(Oc2ccc(C3SCCS3)cc2)nc1. The zero-order valence-electron chi connectivity index (χ0n) is 9.65. The van der Waals surface area contributed by atoms with Crippen molar-refractivity contribution >= 4 is 23.5 Å². The average molecular weight is 276 g/mol. The zero-order chi connectivity index (χ0) is 12.2. The minimum atomic E-state index is 0.384. The van der Waals surface area contributed by atoms with Crippen LogP contribution in [0.1, 0.15) is 10.1 Å². The zero-order valence-corrected chi connectivity index (χ0v) is 11.3. The fraction of sp³-hybridized carbons (Fsp3) is 0.231. The van der Waals surface area contributed by atoms with Crippen LogP contribution < -0.4 is 4.74 Å². The Morgan fingerprint density at radius 1 is 1.00 bits per heavy atom. The number of aromatic nitrogens is 2. The molecule has 2 heterocycles. The Balaban J connectivity index is 1.71. The number of rotatable bonds is 3. The molecule has 5 heteroatoms. The second-order valence-corrected chi connectivity index (χ2v) is 6.50. The summed E-state index contributed by atoms with van der Waals surface area (Å²) in [6.07, 6.45) is 3.34. The van der Waals surface area contributed by atoms with Crippen LogP contribution in [0.25, 0.3) is 0 Å². The molecule has 0 unspecified atom stereocenters. The fourth-order valence-electron chi connectivity index (χ4n) is 1.69. The molecule has 0 spiro atoms. The highest BCUT2D eigenvalue weighted by Crippen LogP contribution is 2.45. The molecule has 0 aliphatic carbocycles. The standard InChI is InChI=1S/C13H12N2OS2/c1-6-14-13(15-7-1)16-11-4-2-10(3-5-11)12-17-8-9-18-12/h1-7,12H,8-9H2. The Labute approximate surface area is 114 Å². The van der Waals surface area contributed by atoms with Gasteiger partial charge in [-0.3, -0.25) is 0 Å². The Hall–Kier alpha value is -1.20. The summed E-state index contributed by atoms with van der Waals surface area (Å²) in [6.45, 7) is 0. The van der Waals surface area contributed by atoms with Crippen molar-refractivity contribution in [2.24, 2.45) is 0 Å². The van der Waals surface area contributed by atoms with E-state index < -0.39 is 0 Å². The first-order chi connectivity index (χ1) is 8.92. The maximum atomic E-state index is 5.56. The van der Waals surface area contributed by atoms with Crippen LogP contribution in [0.4, 0.5) is 0 Å². The summed E-state index contributed by atoms with van der Waals surface area (Å²) in [6, 6.07) is 10.3. The molecule has 2 aromatic rings. The molecule has 1 aliphatic rings. The number of hydrogen-bond donors (Lipinski definition) is 0. The van der Waals surface area contributed by atoms with Crippen molar-refractivity contribution in [3.8, 4) is 11.8 Å². The van der Waals surface area contributed by atoms with Crippen LogP contribution in [0.5, 0.6) is 11.8 Å². The summed E-state index contributed by atoms with van der Waals surface area (Å²) in [5.74, 6) is 3.26. The van der Waals surface area contributed by atoms with Crippen LogP contribution in [-0.2, 0) is 0 Å². The van der Waals surface area contributed by atoms with Gasteiger partial charge in [-0.25, -0.2) is 9.97 Å². The van der Waals surface area contributed by atoms with E-state index in [1.165, 1.54) is 17.1 Å². The first-order valence-electron chi connectivity index (χ1n) is 5.70. The van der Waals surface area contributed by atoms with Gasteiger partial charge in [0.2, 0.25) is 0 Å². The lowest BCUT2D eigenvalue weighted by Gasteiger charge is -2.09. The Morgan fingerprint density at radius 2 is 1.67 bits per heavy atom. The third-order valence-corrected chi connectivity index (χ3v) is 5.63. The number of hydrogen-bond acceptors (Lipinski definition) is 5. The van der Waals surface area contributed by atoms with Crippen molar-refractivity contribution in [1.29, 1.82) is 0 Å². The van der Waals surface area contributed by atoms with E-state index in [-0.39, 0.29) is 0 Å². The minimum absolute atomic E-state index is 0.384. The minimum Gasteiger partial charge on any atom is -0.424 e. The van der Waals surface area contributed by atoms with Gasteiger partial charge >= 0.3 is 6.01 Å². The van der Waals surface area contributed by atoms with Gasteiger partial charge in [0.1, 0.15) is 5.75 Å². The van der Waals surface area contributed by atoms with Crippen LogP contribution in [0, 0.1) is 0 Å². The predicted octanol–water partition coefficient (Wildman–Crippen LogP) is 3.75. The van der Waals surface area contributed by atoms with Gasteiger partial charge in [0.25, 0.3) is 0 Å². The first kappa shape index (κ1) is 11.9. The molecule has 0 bridgehead atoms. The van der Waals surface area contributed by atoms with Crippen LogP contribution in [0.15, 0.2) is 42.7 Å². The van der Waals surface area contributed by atoms with Crippen molar-refractivity contribution in [2.75, 3.05) is 11.5 Å². The first-order valence-corrected chi connectivity index (χ1v) is 7.79. The predicted molar refractivity (Wildman–Crippen MR) is 76.2 cm³/mol. The Bertz CT molecular complexity index is 498. The normalized spacial score (nSPS) is 15.8. The van der Waals surface area contributed by atoms with Crippen LogP contribution in [-0.4, -0.2) is 21.5 Å². The molecule has 3 rings (SSSR count). The van der Waals surface area contributed by atoms with E-state index in [2.05, 4.69) is 22.1 Å². The molecule has 1 saturated heterocycles. The van der Waals surface area contributed by atoms with Gasteiger partial charge < -0.3 is 4.74 Å². The van der Waals surface area contributed by atoms with Gasteiger partial charge in [0, 0.05) is 23.9 Å². The van der Waals surface area contributed by atoms with E-state index in [1.807, 2.05) is 35.7 Å². The largest absolute Gasteiger partial charge is 0.424 e. The van der Waals surface area contributed by atoms with Crippen LogP contribution in [0.3, 0.4) is 0 Å². The van der Waals surface area contributed by atoms with E-state index in [1.54, 1.807) is 18.5 Å². The lowest BCUT2D eigenvalue weighted by atomic mass is 10.2. The molecule has 18 heavy (non-hydrogen) atoms. The molecule has 1 aromatic carbocycles. The lowest BCUT2D eigenvalue weighted by Crippen LogP contribution is -1.91. The molecule has 0 amide bonds. The topological polar surface area (TPSA) is 35.0 Å². The smallest absolute Gasteiger partial charge is 0.321 e. The number of thioether (sulfide) groups is 2. The van der Waals surface area contributed by atoms with Crippen molar-refractivity contribution in [2.45, 2.75) is 4.58 Å². The maximum Gasteiger partial charge on any atom is 0.321 e. The molecule has 1 fully saturated rings. The summed E-state index contributed by atoms with van der Waals surface area (Å²) < 4.78 is 6.14. The van der Waals surface area contributed by atoms with Gasteiger partial charge in [0.15, 0.2) is 0 Å². The molecule has 0 radical (unpaired) electrons. The fourth-order valence-corrected chi connectivity index (χ4v) is 4.55. The van der Waals surface area contributed by atoms with E-state index in [0.717, 1.165) is 5.75 Å². The molecular formula is C13H12N2OS2. The van der Waals surface area contributed by atoms with Crippen molar-refractivity contribution in [3.05, 3.63) is 48.3 Å². The highest BCUT2D eigenvalue weighted by atomic mass is 32.2. The van der Waals surface area contributed by atoms with E-state index >= 15 is 0 Å². The summed E-state index contributed by atoms with van der Waals surface area (Å²) >= 11 is 4.01. The summed E-state index contributed by atoms with van der Waals surface area (Å²) in [7, 11) is 0. The summed E-state index contributed by atoms with van der Waals surface area (Å²) in [4.78, 5) is 8.06. The number of benzene rings is 1. The third kappa shape index (κ3) is 2.79. The van der Waals surface area contributed by atoms with E-state index in [0.29, 0.717) is 10.6 Å². The molecule has 0 atom stereocenters. The molecule has 0 N–H and O–H groups in total. The third-order valence-electron chi connectivity index (χ3n) is 2.53. The van der Waals surface area contributed by atoms with Crippen LogP contribution >= 0.6 is 23.5 Å². The molecule has 1 aliphatic heterocycles. The highest BCUT2D eigenvalue weighted by Gasteiger charge is 2.17. The van der Waals surface area contributed by atoms with Gasteiger partial charge in [-0.1, -0.05) is 12.1 Å². The highest BCUT2D eigenvalue weighted by molar-refractivity contribution is 8.19. The molecule has 92 valence electrons. The van der Waals surface area contributed by atoms with Crippen molar-refractivity contribution in [1.82, 2.24) is 9.97 Å². The molecule has 3 nitrogen and oxygen atoms in total. The number of nitrogens with zero attached hydrogens (tertiary/aromatic N) is 2. The molecular weight excluding hydrogens is 264 g/mol. The van der Waals surface area contributed by atoms with Gasteiger partial charge in [-0.15, -0.1) is 23.5 Å². The van der Waals surface area contributed by atoms with Crippen LogP contribution in [0.2, 0.25) is 0 Å². The molecule has 1 aromatic heterocycles. The Morgan fingerprint density at radius 3 is 2.33 bits per heavy atom. The maximum absolute atomic E-state index is 5.56. The second-order valence-electron chi connectivity index (χ2n) is 3.78. The quantitative estimate of drug-likeness (QED) is 0.853. The van der Waals surface area contributed by atoms with Crippen molar-refractivity contribution in [3.63, 3.8) is 0 Å². The summed E-state index contributed by atoms with van der Waals surface area (Å²) in [5, 5.41) is 0. The second kappa shape index (κ2) is 5.63. The lowest BCUT2D eigenvalue weighted by molar-refractivity contribution is 0.441. The van der Waals surface area contributed by atoms with Gasteiger partial charge in [0.05, 0.1) is 4.58 Å². The van der Waals surface area contributed by atoms with Gasteiger partial charge in [-0.05, 0) is 23.8 Å². The van der Waals surface area contributed by atoms with E-state index in [4.69, 9.17) is 4.74 Å². The van der Waals surface area contributed by atoms with Gasteiger partial charge in [-0.2, -0.15) is 0 Å². The number of ether oxygens (including phenoxy) is 1. The average Bonchev–Trinajstić information content (AvgIpc) is 2.95. The molecule has 0 saturated carbocycles. The monoisotopic (exact) mass is 276 g/mol. The van der Waals surface area contributed by atoms with E-state index in [9.17, 15) is 0 Å². The Kier molecular flexibility index (Phi) is 3.71. The van der Waals surface area contributed by atoms with Crippen molar-refractivity contribution < 1.29 is 4.74 Å². The summed E-state index contributed by atoms with van der Waals surface area (Å²) in [5.41, 5.74) is 1.35.